The summed E-state index contributed by atoms with van der Waals surface area (Å²) >= 11 is 2.96. The van der Waals surface area contributed by atoms with Gasteiger partial charge in [0.2, 0.25) is 0 Å². The lowest BCUT2D eigenvalue weighted by Gasteiger charge is -2.05. The van der Waals surface area contributed by atoms with Gasteiger partial charge in [0.1, 0.15) is 5.75 Å². The maximum Gasteiger partial charge on any atom is 0.172 e. The maximum absolute atomic E-state index is 9.13. The molecule has 0 radical (unpaired) electrons. The van der Waals surface area contributed by atoms with E-state index in [1.807, 2.05) is 0 Å². The number of hydrogen-bond acceptors (Lipinski definition) is 3. The van der Waals surface area contributed by atoms with Gasteiger partial charge in [0.25, 0.3) is 0 Å². The van der Waals surface area contributed by atoms with Gasteiger partial charge in [0, 0.05) is 5.56 Å². The standard InChI is InChI=1S/C7H7BrO3/c1-3-5(9)2-4(8)7(11)6(3)10/h2,9-11H,1H3. The molecule has 0 fully saturated rings. The molecule has 0 unspecified atom stereocenters. The van der Waals surface area contributed by atoms with Gasteiger partial charge in [-0.1, -0.05) is 0 Å². The minimum absolute atomic E-state index is 0.0489. The molecule has 0 spiro atoms. The Labute approximate surface area is 72.0 Å². The van der Waals surface area contributed by atoms with E-state index >= 15 is 0 Å². The first-order chi connectivity index (χ1) is 5.04. The smallest absolute Gasteiger partial charge is 0.172 e. The normalized spacial score (nSPS) is 10.0. The largest absolute Gasteiger partial charge is 0.507 e. The molecule has 0 aliphatic carbocycles. The van der Waals surface area contributed by atoms with Crippen LogP contribution in [0.1, 0.15) is 5.56 Å². The second kappa shape index (κ2) is 2.62. The van der Waals surface area contributed by atoms with Crippen molar-refractivity contribution < 1.29 is 15.3 Å². The molecule has 0 bridgehead atoms. The van der Waals surface area contributed by atoms with Crippen LogP contribution < -0.4 is 0 Å². The number of phenolic OH excluding ortho intramolecular Hbond substituents is 3. The van der Waals surface area contributed by atoms with Gasteiger partial charge >= 0.3 is 0 Å². The van der Waals surface area contributed by atoms with Gasteiger partial charge in [0.05, 0.1) is 4.47 Å². The van der Waals surface area contributed by atoms with Crippen molar-refractivity contribution in [3.63, 3.8) is 0 Å². The third-order valence-electron chi connectivity index (χ3n) is 1.45. The van der Waals surface area contributed by atoms with Gasteiger partial charge in [-0.15, -0.1) is 0 Å². The molecule has 1 rings (SSSR count). The van der Waals surface area contributed by atoms with Gasteiger partial charge in [0.15, 0.2) is 11.5 Å². The Morgan fingerprint density at radius 3 is 2.27 bits per heavy atom. The van der Waals surface area contributed by atoms with Crippen LogP contribution >= 0.6 is 15.9 Å². The molecule has 0 atom stereocenters. The van der Waals surface area contributed by atoms with Crippen molar-refractivity contribution in [1.82, 2.24) is 0 Å². The van der Waals surface area contributed by atoms with Crippen molar-refractivity contribution in [1.29, 1.82) is 0 Å². The number of halogens is 1. The molecule has 11 heavy (non-hydrogen) atoms. The average Bonchev–Trinajstić information content (AvgIpc) is 1.97. The highest BCUT2D eigenvalue weighted by molar-refractivity contribution is 9.10. The molecule has 4 heteroatoms. The Morgan fingerprint density at radius 1 is 1.18 bits per heavy atom. The molecule has 0 aromatic heterocycles. The lowest BCUT2D eigenvalue weighted by Crippen LogP contribution is -1.78. The second-order valence-electron chi connectivity index (χ2n) is 2.20. The van der Waals surface area contributed by atoms with Crippen molar-refractivity contribution in [2.24, 2.45) is 0 Å². The zero-order valence-electron chi connectivity index (χ0n) is 5.80. The number of aromatic hydroxyl groups is 3. The topological polar surface area (TPSA) is 60.7 Å². The minimum Gasteiger partial charge on any atom is -0.507 e. The highest BCUT2D eigenvalue weighted by atomic mass is 79.9. The average molecular weight is 219 g/mol. The van der Waals surface area contributed by atoms with E-state index in [1.54, 1.807) is 0 Å². The highest BCUT2D eigenvalue weighted by Crippen LogP contribution is 2.40. The molecule has 0 saturated heterocycles. The van der Waals surface area contributed by atoms with Gasteiger partial charge < -0.3 is 15.3 Å². The van der Waals surface area contributed by atoms with E-state index in [1.165, 1.54) is 13.0 Å². The van der Waals surface area contributed by atoms with Crippen LogP contribution in [-0.2, 0) is 0 Å². The van der Waals surface area contributed by atoms with Crippen molar-refractivity contribution in [2.75, 3.05) is 0 Å². The summed E-state index contributed by atoms with van der Waals surface area (Å²) in [7, 11) is 0. The maximum atomic E-state index is 9.13. The summed E-state index contributed by atoms with van der Waals surface area (Å²) in [6.45, 7) is 1.51. The number of hydrogen-bond donors (Lipinski definition) is 3. The van der Waals surface area contributed by atoms with Gasteiger partial charge in [-0.05, 0) is 28.9 Å². The van der Waals surface area contributed by atoms with Crippen LogP contribution in [0.3, 0.4) is 0 Å². The summed E-state index contributed by atoms with van der Waals surface area (Å²) < 4.78 is 0.276. The monoisotopic (exact) mass is 218 g/mol. The molecular formula is C7H7BrO3. The molecule has 1 aromatic rings. The summed E-state index contributed by atoms with van der Waals surface area (Å²) in [4.78, 5) is 0. The first-order valence-electron chi connectivity index (χ1n) is 2.94. The Bertz CT molecular complexity index is 270. The second-order valence-corrected chi connectivity index (χ2v) is 3.05. The van der Waals surface area contributed by atoms with Crippen LogP contribution in [0.2, 0.25) is 0 Å². The first-order valence-corrected chi connectivity index (χ1v) is 3.73. The third kappa shape index (κ3) is 1.26. The molecular weight excluding hydrogens is 212 g/mol. The van der Waals surface area contributed by atoms with Crippen LogP contribution in [0.25, 0.3) is 0 Å². The lowest BCUT2D eigenvalue weighted by atomic mass is 10.2. The molecule has 60 valence electrons. The molecule has 0 aliphatic rings. The first kappa shape index (κ1) is 8.20. The Hall–Kier alpha value is -0.900. The van der Waals surface area contributed by atoms with Gasteiger partial charge in [-0.2, -0.15) is 0 Å². The third-order valence-corrected chi connectivity index (χ3v) is 2.06. The molecule has 1 aromatic carbocycles. The van der Waals surface area contributed by atoms with Crippen molar-refractivity contribution in [3.05, 3.63) is 16.1 Å². The Balaban J connectivity index is 3.46. The van der Waals surface area contributed by atoms with Crippen LogP contribution in [0.4, 0.5) is 0 Å². The predicted octanol–water partition coefficient (Wildman–Crippen LogP) is 1.87. The number of rotatable bonds is 0. The zero-order chi connectivity index (χ0) is 8.59. The lowest BCUT2D eigenvalue weighted by molar-refractivity contribution is 0.390. The summed E-state index contributed by atoms with van der Waals surface area (Å²) in [6.07, 6.45) is 0. The zero-order valence-corrected chi connectivity index (χ0v) is 7.38. The minimum atomic E-state index is -0.295. The fourth-order valence-corrected chi connectivity index (χ4v) is 1.11. The fourth-order valence-electron chi connectivity index (χ4n) is 0.709. The summed E-state index contributed by atoms with van der Waals surface area (Å²) in [5.74, 6) is -0.593. The van der Waals surface area contributed by atoms with Gasteiger partial charge in [-0.25, -0.2) is 0 Å². The Morgan fingerprint density at radius 2 is 1.73 bits per heavy atom. The molecule has 3 N–H and O–H groups in total. The van der Waals surface area contributed by atoms with Crippen LogP contribution in [0.15, 0.2) is 10.5 Å². The van der Waals surface area contributed by atoms with Gasteiger partial charge in [-0.3, -0.25) is 0 Å². The highest BCUT2D eigenvalue weighted by Gasteiger charge is 2.10. The molecule has 0 saturated carbocycles. The molecule has 0 heterocycles. The van der Waals surface area contributed by atoms with E-state index in [9.17, 15) is 0 Å². The molecule has 3 nitrogen and oxygen atoms in total. The van der Waals surface area contributed by atoms with Crippen LogP contribution in [0.5, 0.6) is 17.2 Å². The Kier molecular flexibility index (Phi) is 1.95. The summed E-state index contributed by atoms with van der Waals surface area (Å²) in [5.41, 5.74) is 0.269. The van der Waals surface area contributed by atoms with E-state index < -0.39 is 0 Å². The van der Waals surface area contributed by atoms with E-state index in [0.717, 1.165) is 0 Å². The number of phenols is 3. The quantitative estimate of drug-likeness (QED) is 0.461. The van der Waals surface area contributed by atoms with Crippen LogP contribution in [0, 0.1) is 6.92 Å². The van der Waals surface area contributed by atoms with E-state index in [4.69, 9.17) is 15.3 Å². The van der Waals surface area contributed by atoms with Crippen molar-refractivity contribution in [2.45, 2.75) is 6.92 Å². The van der Waals surface area contributed by atoms with Crippen molar-refractivity contribution >= 4 is 15.9 Å². The SMILES string of the molecule is Cc1c(O)cc(Br)c(O)c1O. The summed E-state index contributed by atoms with van der Waals surface area (Å²) in [5, 5.41) is 27.3. The van der Waals surface area contributed by atoms with Crippen molar-refractivity contribution in [3.8, 4) is 17.2 Å². The fraction of sp³-hybridized carbons (Fsp3) is 0.143. The summed E-state index contributed by atoms with van der Waals surface area (Å²) in [6, 6.07) is 1.32. The molecule has 0 amide bonds. The van der Waals surface area contributed by atoms with E-state index in [-0.39, 0.29) is 27.3 Å². The molecule has 0 aliphatic heterocycles. The predicted molar refractivity (Wildman–Crippen MR) is 43.9 cm³/mol. The van der Waals surface area contributed by atoms with E-state index in [0.29, 0.717) is 0 Å². The number of benzene rings is 1. The van der Waals surface area contributed by atoms with E-state index in [2.05, 4.69) is 15.9 Å². The van der Waals surface area contributed by atoms with Crippen LogP contribution in [-0.4, -0.2) is 15.3 Å².